The molecule has 0 radical (unpaired) electrons. The summed E-state index contributed by atoms with van der Waals surface area (Å²) in [6.07, 6.45) is 0.614. The first-order valence-electron chi connectivity index (χ1n) is 6.40. The van der Waals surface area contributed by atoms with Crippen molar-refractivity contribution in [3.63, 3.8) is 0 Å². The number of carbonyl (C=O) groups excluding carboxylic acids is 2. The molecule has 0 saturated carbocycles. The molecule has 0 saturated heterocycles. The molecule has 1 aliphatic heterocycles. The van der Waals surface area contributed by atoms with E-state index in [0.717, 1.165) is 0 Å². The van der Waals surface area contributed by atoms with Crippen molar-refractivity contribution < 1.29 is 22.7 Å². The average molecular weight is 312 g/mol. The Morgan fingerprint density at radius 1 is 1.33 bits per heavy atom. The highest BCUT2D eigenvalue weighted by Gasteiger charge is 2.41. The molecule has 21 heavy (non-hydrogen) atoms. The van der Waals surface area contributed by atoms with E-state index in [-0.39, 0.29) is 10.5 Å². The molecule has 1 aliphatic rings. The molecule has 2 amide bonds. The molecule has 2 rings (SSSR count). The number of nitrogens with zero attached hydrogens (tertiary/aromatic N) is 1. The zero-order chi connectivity index (χ0) is 15.5. The summed E-state index contributed by atoms with van der Waals surface area (Å²) in [6.45, 7) is 0.344. The number of sulfonamides is 1. The van der Waals surface area contributed by atoms with Gasteiger partial charge >= 0.3 is 0 Å². The number of fused-ring (bicyclic) bond motifs is 1. The molecule has 0 unspecified atom stereocenters. The van der Waals surface area contributed by atoms with Crippen LogP contribution in [0.15, 0.2) is 29.2 Å². The normalized spacial score (nSPS) is 15.9. The van der Waals surface area contributed by atoms with E-state index in [0.29, 0.717) is 23.9 Å². The lowest BCUT2D eigenvalue weighted by Gasteiger charge is -2.14. The van der Waals surface area contributed by atoms with Crippen molar-refractivity contribution in [1.29, 1.82) is 0 Å². The van der Waals surface area contributed by atoms with E-state index in [4.69, 9.17) is 4.74 Å². The fourth-order valence-electron chi connectivity index (χ4n) is 2.02. The van der Waals surface area contributed by atoms with Crippen molar-refractivity contribution in [3.8, 4) is 0 Å². The molecular weight excluding hydrogens is 296 g/mol. The van der Waals surface area contributed by atoms with Gasteiger partial charge in [-0.25, -0.2) is 12.7 Å². The van der Waals surface area contributed by atoms with Crippen LogP contribution in [0.1, 0.15) is 16.8 Å². The van der Waals surface area contributed by atoms with Crippen molar-refractivity contribution in [2.24, 2.45) is 0 Å². The molecule has 0 fully saturated rings. The Kier molecular flexibility index (Phi) is 4.59. The van der Waals surface area contributed by atoms with Gasteiger partial charge in [0.2, 0.25) is 5.91 Å². The second-order valence-electron chi connectivity index (χ2n) is 4.51. The van der Waals surface area contributed by atoms with Crippen LogP contribution in [0.4, 0.5) is 0 Å². The van der Waals surface area contributed by atoms with Gasteiger partial charge in [0.1, 0.15) is 11.4 Å². The number of rotatable bonds is 6. The summed E-state index contributed by atoms with van der Waals surface area (Å²) in [7, 11) is -2.38. The lowest BCUT2D eigenvalue weighted by Crippen LogP contribution is -2.40. The van der Waals surface area contributed by atoms with Crippen molar-refractivity contribution in [2.75, 3.05) is 26.8 Å². The molecule has 0 bridgehead atoms. The highest BCUT2D eigenvalue weighted by molar-refractivity contribution is 7.90. The van der Waals surface area contributed by atoms with Crippen molar-refractivity contribution >= 4 is 21.8 Å². The molecule has 8 heteroatoms. The van der Waals surface area contributed by atoms with Crippen molar-refractivity contribution in [1.82, 2.24) is 9.62 Å². The third kappa shape index (κ3) is 3.06. The molecule has 0 aromatic heterocycles. The fraction of sp³-hybridized carbons (Fsp3) is 0.385. The third-order valence-corrected chi connectivity index (χ3v) is 4.83. The Bertz CT molecular complexity index is 656. The van der Waals surface area contributed by atoms with Crippen LogP contribution in [-0.4, -0.2) is 51.3 Å². The standard InChI is InChI=1S/C13H16N2O5S/c1-20-8-4-7-14-12(16)9-15-13(17)10-5-2-3-6-11(10)21(15,18)19/h2-3,5-6H,4,7-9H2,1H3,(H,14,16). The van der Waals surface area contributed by atoms with E-state index in [9.17, 15) is 18.0 Å². The molecule has 1 aromatic carbocycles. The summed E-state index contributed by atoms with van der Waals surface area (Å²) in [5, 5.41) is 2.55. The number of ether oxygens (including phenoxy) is 1. The smallest absolute Gasteiger partial charge is 0.269 e. The van der Waals surface area contributed by atoms with Gasteiger partial charge in [0.15, 0.2) is 0 Å². The Morgan fingerprint density at radius 3 is 2.71 bits per heavy atom. The summed E-state index contributed by atoms with van der Waals surface area (Å²) in [4.78, 5) is 23.8. The van der Waals surface area contributed by atoms with Gasteiger partial charge in [0.05, 0.1) is 5.56 Å². The summed E-state index contributed by atoms with van der Waals surface area (Å²) in [5.41, 5.74) is 0.102. The minimum absolute atomic E-state index is 0.0535. The lowest BCUT2D eigenvalue weighted by atomic mass is 10.2. The minimum Gasteiger partial charge on any atom is -0.385 e. The van der Waals surface area contributed by atoms with Crippen LogP contribution in [0.3, 0.4) is 0 Å². The Hall–Kier alpha value is -1.93. The van der Waals surface area contributed by atoms with E-state index in [1.807, 2.05) is 0 Å². The van der Waals surface area contributed by atoms with Gasteiger partial charge in [-0.15, -0.1) is 0 Å². The van der Waals surface area contributed by atoms with Crippen LogP contribution in [-0.2, 0) is 19.6 Å². The summed E-state index contributed by atoms with van der Waals surface area (Å²) in [6, 6.07) is 5.92. The van der Waals surface area contributed by atoms with Gasteiger partial charge in [0, 0.05) is 20.3 Å². The lowest BCUT2D eigenvalue weighted by molar-refractivity contribution is -0.121. The first-order chi connectivity index (χ1) is 9.98. The van der Waals surface area contributed by atoms with Gasteiger partial charge < -0.3 is 10.1 Å². The number of benzene rings is 1. The molecule has 0 spiro atoms. The molecule has 1 N–H and O–H groups in total. The maximum atomic E-state index is 12.2. The van der Waals surface area contributed by atoms with E-state index in [1.165, 1.54) is 18.2 Å². The number of hydrogen-bond donors (Lipinski definition) is 1. The minimum atomic E-state index is -3.93. The van der Waals surface area contributed by atoms with E-state index >= 15 is 0 Å². The van der Waals surface area contributed by atoms with Crippen LogP contribution in [0.2, 0.25) is 0 Å². The van der Waals surface area contributed by atoms with Gasteiger partial charge in [-0.2, -0.15) is 0 Å². The zero-order valence-corrected chi connectivity index (χ0v) is 12.4. The van der Waals surface area contributed by atoms with Crippen LogP contribution in [0.5, 0.6) is 0 Å². The van der Waals surface area contributed by atoms with E-state index in [1.54, 1.807) is 13.2 Å². The highest BCUT2D eigenvalue weighted by Crippen LogP contribution is 2.29. The average Bonchev–Trinajstić information content (AvgIpc) is 2.65. The van der Waals surface area contributed by atoms with Crippen molar-refractivity contribution in [3.05, 3.63) is 29.8 Å². The Labute approximate surface area is 122 Å². The summed E-state index contributed by atoms with van der Waals surface area (Å²) < 4.78 is 29.9. The molecule has 0 aliphatic carbocycles. The molecule has 114 valence electrons. The Morgan fingerprint density at radius 2 is 2.05 bits per heavy atom. The number of nitrogens with one attached hydrogen (secondary N) is 1. The highest BCUT2D eigenvalue weighted by atomic mass is 32.2. The molecular formula is C13H16N2O5S. The predicted octanol–water partition coefficient (Wildman–Crippen LogP) is -0.0162. The van der Waals surface area contributed by atoms with Gasteiger partial charge in [0.25, 0.3) is 15.9 Å². The largest absolute Gasteiger partial charge is 0.385 e. The SMILES string of the molecule is COCCCNC(=O)CN1C(=O)c2ccccc2S1(=O)=O. The Balaban J connectivity index is 2.05. The number of amides is 2. The van der Waals surface area contributed by atoms with Gasteiger partial charge in [-0.3, -0.25) is 9.59 Å². The van der Waals surface area contributed by atoms with Crippen LogP contribution in [0, 0.1) is 0 Å². The van der Waals surface area contributed by atoms with Crippen LogP contribution in [0.25, 0.3) is 0 Å². The van der Waals surface area contributed by atoms with E-state index in [2.05, 4.69) is 5.32 Å². The maximum absolute atomic E-state index is 12.2. The van der Waals surface area contributed by atoms with Crippen molar-refractivity contribution in [2.45, 2.75) is 11.3 Å². The molecule has 1 heterocycles. The topological polar surface area (TPSA) is 92.8 Å². The van der Waals surface area contributed by atoms with Crippen LogP contribution < -0.4 is 5.32 Å². The van der Waals surface area contributed by atoms with E-state index < -0.39 is 28.4 Å². The van der Waals surface area contributed by atoms with Crippen LogP contribution >= 0.6 is 0 Å². The van der Waals surface area contributed by atoms with Gasteiger partial charge in [-0.05, 0) is 18.6 Å². The second kappa shape index (κ2) is 6.23. The zero-order valence-electron chi connectivity index (χ0n) is 11.5. The summed E-state index contributed by atoms with van der Waals surface area (Å²) >= 11 is 0. The van der Waals surface area contributed by atoms with Gasteiger partial charge in [-0.1, -0.05) is 12.1 Å². The number of methoxy groups -OCH3 is 1. The molecule has 1 aromatic rings. The fourth-order valence-corrected chi connectivity index (χ4v) is 3.54. The molecule has 7 nitrogen and oxygen atoms in total. The first-order valence-corrected chi connectivity index (χ1v) is 7.84. The monoisotopic (exact) mass is 312 g/mol. The number of carbonyl (C=O) groups is 2. The summed E-state index contributed by atoms with van der Waals surface area (Å²) in [5.74, 6) is -1.19. The molecule has 0 atom stereocenters. The quantitative estimate of drug-likeness (QED) is 0.745. The second-order valence-corrected chi connectivity index (χ2v) is 6.34. The first kappa shape index (κ1) is 15.5. The maximum Gasteiger partial charge on any atom is 0.269 e. The predicted molar refractivity (Wildman–Crippen MR) is 74.2 cm³/mol. The number of hydrogen-bond acceptors (Lipinski definition) is 5. The third-order valence-electron chi connectivity index (χ3n) is 3.05.